The average molecular weight is 289 g/mol. The molecule has 0 aromatic heterocycles. The van der Waals surface area contributed by atoms with Crippen molar-refractivity contribution in [3.63, 3.8) is 0 Å². The van der Waals surface area contributed by atoms with Crippen molar-refractivity contribution in [3.05, 3.63) is 53.3 Å². The van der Waals surface area contributed by atoms with Crippen LogP contribution in [0.4, 0.5) is 10.1 Å². The number of nitrogens with one attached hydrogen (secondary N) is 1. The van der Waals surface area contributed by atoms with Gasteiger partial charge in [-0.1, -0.05) is 17.7 Å². The molecule has 0 aliphatic rings. The molecule has 0 atom stereocenters. The molecule has 0 saturated heterocycles. The van der Waals surface area contributed by atoms with Gasteiger partial charge in [-0.2, -0.15) is 0 Å². The number of hydrogen-bond acceptors (Lipinski definition) is 3. The van der Waals surface area contributed by atoms with Crippen LogP contribution in [0, 0.1) is 12.7 Å². The lowest BCUT2D eigenvalue weighted by molar-refractivity contribution is 0.321. The Hall–Kier alpha value is -2.23. The van der Waals surface area contributed by atoms with E-state index in [0.29, 0.717) is 18.8 Å². The maximum atomic E-state index is 13.8. The number of ether oxygens (including phenoxy) is 2. The first kappa shape index (κ1) is 15.2. The average Bonchev–Trinajstić information content (AvgIpc) is 2.48. The van der Waals surface area contributed by atoms with Crippen LogP contribution in [0.1, 0.15) is 18.1 Å². The van der Waals surface area contributed by atoms with E-state index < -0.39 is 0 Å². The molecule has 0 saturated carbocycles. The number of rotatable bonds is 6. The van der Waals surface area contributed by atoms with E-state index in [0.717, 1.165) is 16.9 Å². The minimum atomic E-state index is -0.363. The second kappa shape index (κ2) is 6.97. The summed E-state index contributed by atoms with van der Waals surface area (Å²) >= 11 is 0. The SMILES string of the molecule is CCOc1ccc(NCc2cc(C)ccc2OC)cc1F. The van der Waals surface area contributed by atoms with Crippen LogP contribution in [0.5, 0.6) is 11.5 Å². The molecule has 2 rings (SSSR count). The molecule has 2 aromatic rings. The van der Waals surface area contributed by atoms with Gasteiger partial charge in [0.2, 0.25) is 0 Å². The van der Waals surface area contributed by atoms with Gasteiger partial charge in [-0.05, 0) is 32.0 Å². The molecule has 0 radical (unpaired) electrons. The third-order valence-corrected chi connectivity index (χ3v) is 3.15. The molecule has 0 aliphatic heterocycles. The summed E-state index contributed by atoms with van der Waals surface area (Å²) in [6, 6.07) is 10.9. The minimum Gasteiger partial charge on any atom is -0.496 e. The lowest BCUT2D eigenvalue weighted by Gasteiger charge is -2.12. The number of hydrogen-bond donors (Lipinski definition) is 1. The molecule has 0 unspecified atom stereocenters. The van der Waals surface area contributed by atoms with Gasteiger partial charge in [0.05, 0.1) is 13.7 Å². The van der Waals surface area contributed by atoms with Crippen molar-refractivity contribution in [2.45, 2.75) is 20.4 Å². The summed E-state index contributed by atoms with van der Waals surface area (Å²) in [4.78, 5) is 0. The minimum absolute atomic E-state index is 0.274. The van der Waals surface area contributed by atoms with Gasteiger partial charge in [0.25, 0.3) is 0 Å². The summed E-state index contributed by atoms with van der Waals surface area (Å²) < 4.78 is 24.3. The Morgan fingerprint density at radius 2 is 1.86 bits per heavy atom. The highest BCUT2D eigenvalue weighted by atomic mass is 19.1. The van der Waals surface area contributed by atoms with Gasteiger partial charge in [-0.25, -0.2) is 4.39 Å². The van der Waals surface area contributed by atoms with E-state index in [9.17, 15) is 4.39 Å². The molecule has 0 amide bonds. The Kier molecular flexibility index (Phi) is 5.04. The molecule has 4 heteroatoms. The number of benzene rings is 2. The second-order valence-electron chi connectivity index (χ2n) is 4.75. The first-order chi connectivity index (χ1) is 10.1. The van der Waals surface area contributed by atoms with Crippen LogP contribution in [0.3, 0.4) is 0 Å². The van der Waals surface area contributed by atoms with Crippen LogP contribution in [0.15, 0.2) is 36.4 Å². The van der Waals surface area contributed by atoms with Crippen molar-refractivity contribution in [2.75, 3.05) is 19.0 Å². The normalized spacial score (nSPS) is 10.3. The quantitative estimate of drug-likeness (QED) is 0.866. The van der Waals surface area contributed by atoms with E-state index in [-0.39, 0.29) is 11.6 Å². The maximum absolute atomic E-state index is 13.8. The fraction of sp³-hybridized carbons (Fsp3) is 0.294. The summed E-state index contributed by atoms with van der Waals surface area (Å²) in [6.45, 7) is 4.87. The highest BCUT2D eigenvalue weighted by molar-refractivity contribution is 5.49. The zero-order valence-corrected chi connectivity index (χ0v) is 12.6. The van der Waals surface area contributed by atoms with Crippen LogP contribution in [-0.2, 0) is 6.54 Å². The first-order valence-corrected chi connectivity index (χ1v) is 6.93. The predicted molar refractivity (Wildman–Crippen MR) is 82.6 cm³/mol. The standard InChI is InChI=1S/C17H20FNO2/c1-4-21-17-8-6-14(10-15(17)18)19-11-13-9-12(2)5-7-16(13)20-3/h5-10,19H,4,11H2,1-3H3. The molecule has 0 spiro atoms. The summed E-state index contributed by atoms with van der Waals surface area (Å²) in [6.07, 6.45) is 0. The molecular formula is C17H20FNO2. The van der Waals surface area contributed by atoms with Crippen LogP contribution in [0.2, 0.25) is 0 Å². The van der Waals surface area contributed by atoms with Crippen molar-refractivity contribution in [2.24, 2.45) is 0 Å². The summed E-state index contributed by atoms with van der Waals surface area (Å²) in [7, 11) is 1.64. The molecule has 3 nitrogen and oxygen atoms in total. The monoisotopic (exact) mass is 289 g/mol. The van der Waals surface area contributed by atoms with E-state index in [1.165, 1.54) is 6.07 Å². The van der Waals surface area contributed by atoms with Crippen LogP contribution >= 0.6 is 0 Å². The van der Waals surface area contributed by atoms with E-state index in [4.69, 9.17) is 9.47 Å². The van der Waals surface area contributed by atoms with E-state index in [1.807, 2.05) is 26.0 Å². The lowest BCUT2D eigenvalue weighted by atomic mass is 10.1. The zero-order valence-electron chi connectivity index (χ0n) is 12.6. The Labute approximate surface area is 124 Å². The Morgan fingerprint density at radius 1 is 1.10 bits per heavy atom. The fourth-order valence-corrected chi connectivity index (χ4v) is 2.13. The largest absolute Gasteiger partial charge is 0.496 e. The third-order valence-electron chi connectivity index (χ3n) is 3.15. The summed E-state index contributed by atoms with van der Waals surface area (Å²) in [5, 5.41) is 3.20. The number of halogens is 1. The molecule has 0 fully saturated rings. The van der Waals surface area contributed by atoms with Crippen LogP contribution in [-0.4, -0.2) is 13.7 Å². The number of methoxy groups -OCH3 is 1. The Morgan fingerprint density at radius 3 is 2.52 bits per heavy atom. The van der Waals surface area contributed by atoms with E-state index >= 15 is 0 Å². The number of aryl methyl sites for hydroxylation is 1. The highest BCUT2D eigenvalue weighted by Gasteiger charge is 2.06. The molecule has 0 aliphatic carbocycles. The molecule has 0 heterocycles. The third kappa shape index (κ3) is 3.88. The fourth-order valence-electron chi connectivity index (χ4n) is 2.13. The predicted octanol–water partition coefficient (Wildman–Crippen LogP) is 4.15. The van der Waals surface area contributed by atoms with Gasteiger partial charge in [0, 0.05) is 23.9 Å². The molecule has 21 heavy (non-hydrogen) atoms. The van der Waals surface area contributed by atoms with Crippen molar-refractivity contribution < 1.29 is 13.9 Å². The van der Waals surface area contributed by atoms with Crippen LogP contribution < -0.4 is 14.8 Å². The maximum Gasteiger partial charge on any atom is 0.167 e. The van der Waals surface area contributed by atoms with E-state index in [2.05, 4.69) is 11.4 Å². The molecule has 2 aromatic carbocycles. The Balaban J connectivity index is 2.09. The highest BCUT2D eigenvalue weighted by Crippen LogP contribution is 2.24. The van der Waals surface area contributed by atoms with Gasteiger partial charge < -0.3 is 14.8 Å². The number of anilines is 1. The molecule has 1 N–H and O–H groups in total. The zero-order chi connectivity index (χ0) is 15.2. The Bertz CT molecular complexity index is 614. The van der Waals surface area contributed by atoms with Gasteiger partial charge in [0.15, 0.2) is 11.6 Å². The van der Waals surface area contributed by atoms with Crippen molar-refractivity contribution in [3.8, 4) is 11.5 Å². The van der Waals surface area contributed by atoms with Gasteiger partial charge in [-0.3, -0.25) is 0 Å². The summed E-state index contributed by atoms with van der Waals surface area (Å²) in [5.74, 6) is 0.730. The van der Waals surface area contributed by atoms with Gasteiger partial charge in [0.1, 0.15) is 5.75 Å². The smallest absolute Gasteiger partial charge is 0.167 e. The van der Waals surface area contributed by atoms with Crippen molar-refractivity contribution >= 4 is 5.69 Å². The van der Waals surface area contributed by atoms with Crippen molar-refractivity contribution in [1.29, 1.82) is 0 Å². The second-order valence-corrected chi connectivity index (χ2v) is 4.75. The van der Waals surface area contributed by atoms with Crippen LogP contribution in [0.25, 0.3) is 0 Å². The summed E-state index contributed by atoms with van der Waals surface area (Å²) in [5.41, 5.74) is 2.90. The topological polar surface area (TPSA) is 30.5 Å². The van der Waals surface area contributed by atoms with Gasteiger partial charge in [-0.15, -0.1) is 0 Å². The molecule has 112 valence electrons. The lowest BCUT2D eigenvalue weighted by Crippen LogP contribution is -2.03. The van der Waals surface area contributed by atoms with E-state index in [1.54, 1.807) is 19.2 Å². The van der Waals surface area contributed by atoms with Gasteiger partial charge >= 0.3 is 0 Å². The molecule has 0 bridgehead atoms. The van der Waals surface area contributed by atoms with Crippen molar-refractivity contribution in [1.82, 2.24) is 0 Å². The molecular weight excluding hydrogens is 269 g/mol. The first-order valence-electron chi connectivity index (χ1n) is 6.93.